The number of ether oxygens (including phenoxy) is 1. The summed E-state index contributed by atoms with van der Waals surface area (Å²) in [4.78, 5) is 47.1. The third kappa shape index (κ3) is 7.13. The van der Waals surface area contributed by atoms with Crippen molar-refractivity contribution in [3.8, 4) is 5.75 Å². The van der Waals surface area contributed by atoms with E-state index in [-0.39, 0.29) is 17.2 Å². The minimum Gasteiger partial charge on any atom is -0.492 e. The Hall–Kier alpha value is -2.78. The molecule has 1 aromatic rings. The highest BCUT2D eigenvalue weighted by atomic mass is 16.5. The van der Waals surface area contributed by atoms with Crippen LogP contribution in [0.4, 0.5) is 0 Å². The van der Waals surface area contributed by atoms with E-state index < -0.39 is 0 Å². The topological polar surface area (TPSA) is 116 Å². The van der Waals surface area contributed by atoms with Gasteiger partial charge in [-0.2, -0.15) is 0 Å². The minimum absolute atomic E-state index is 0.00292. The molecule has 1 fully saturated rings. The Morgan fingerprint density at radius 1 is 1.11 bits per heavy atom. The van der Waals surface area contributed by atoms with Crippen molar-refractivity contribution in [1.82, 2.24) is 15.1 Å². The molecule has 0 saturated carbocycles. The van der Waals surface area contributed by atoms with E-state index in [1.807, 2.05) is 13.1 Å². The van der Waals surface area contributed by atoms with Gasteiger partial charge in [-0.05, 0) is 57.8 Å². The number of nitrogens with zero attached hydrogens (tertiary/aromatic N) is 2. The minimum atomic E-state index is -0.00292. The Labute approximate surface area is 214 Å². The second-order valence-electron chi connectivity index (χ2n) is 9.43. The van der Waals surface area contributed by atoms with Crippen LogP contribution in [0.2, 0.25) is 0 Å². The fourth-order valence-electron chi connectivity index (χ4n) is 5.02. The van der Waals surface area contributed by atoms with Crippen molar-refractivity contribution in [3.63, 3.8) is 0 Å². The quantitative estimate of drug-likeness (QED) is 0.391. The van der Waals surface area contributed by atoms with Crippen LogP contribution in [0, 0.1) is 0 Å². The van der Waals surface area contributed by atoms with E-state index in [2.05, 4.69) is 16.3 Å². The lowest BCUT2D eigenvalue weighted by Gasteiger charge is -2.38. The molecule has 0 radical (unpaired) electrons. The normalized spacial score (nSPS) is 17.1. The van der Waals surface area contributed by atoms with Gasteiger partial charge >= 0.3 is 0 Å². The van der Waals surface area contributed by atoms with E-state index in [9.17, 15) is 19.2 Å². The van der Waals surface area contributed by atoms with Gasteiger partial charge in [-0.15, -0.1) is 0 Å². The number of likely N-dealkylation sites (tertiary alicyclic amines) is 1. The predicted molar refractivity (Wildman–Crippen MR) is 137 cm³/mol. The highest BCUT2D eigenvalue weighted by molar-refractivity contribution is 5.99. The van der Waals surface area contributed by atoms with Crippen LogP contribution in [-0.4, -0.2) is 86.7 Å². The first-order chi connectivity index (χ1) is 17.5. The van der Waals surface area contributed by atoms with E-state index in [4.69, 9.17) is 9.84 Å². The molecule has 200 valence electrons. The van der Waals surface area contributed by atoms with Crippen LogP contribution in [0.3, 0.4) is 0 Å². The number of benzene rings is 1. The summed E-state index contributed by atoms with van der Waals surface area (Å²) in [5.74, 6) is 1.08. The second-order valence-corrected chi connectivity index (χ2v) is 9.43. The molecule has 9 heteroatoms. The Balaban J connectivity index is 0.000000354. The zero-order valence-corrected chi connectivity index (χ0v) is 21.9. The Bertz CT molecular complexity index is 896. The number of unbranched alkanes of at least 4 members (excludes halogenated alkanes) is 3. The van der Waals surface area contributed by atoms with Gasteiger partial charge in [0.25, 0.3) is 5.91 Å². The maximum Gasteiger partial charge on any atom is 0.254 e. The average Bonchev–Trinajstić information content (AvgIpc) is 3.41. The fraction of sp³-hybridized carbons (Fsp3) is 0.630. The van der Waals surface area contributed by atoms with Crippen LogP contribution in [0.5, 0.6) is 5.75 Å². The first-order valence-corrected chi connectivity index (χ1v) is 12.8. The smallest absolute Gasteiger partial charge is 0.254 e. The zero-order chi connectivity index (χ0) is 26.6. The van der Waals surface area contributed by atoms with Crippen molar-refractivity contribution >= 4 is 24.4 Å². The van der Waals surface area contributed by atoms with E-state index in [1.54, 1.807) is 11.9 Å². The third-order valence-electron chi connectivity index (χ3n) is 7.16. The molecule has 3 aliphatic rings. The highest BCUT2D eigenvalue weighted by Gasteiger charge is 2.45. The first kappa shape index (κ1) is 29.5. The van der Waals surface area contributed by atoms with Gasteiger partial charge in [0.2, 0.25) is 5.91 Å². The Morgan fingerprint density at radius 3 is 2.42 bits per heavy atom. The van der Waals surface area contributed by atoms with Crippen LogP contribution in [0.15, 0.2) is 12.1 Å². The summed E-state index contributed by atoms with van der Waals surface area (Å²) in [7, 11) is 4.44. The maximum absolute atomic E-state index is 12.2. The molecule has 1 aromatic carbocycles. The number of fused-ring (bicyclic) bond motifs is 4. The SMILES string of the molecule is CN1Cc2c(ccc3c2OCC32CCN(CCCCC=O)CC2)C1=O.CNC(=O)CCCC=O.CO. The molecule has 0 bridgehead atoms. The molecule has 3 aliphatic heterocycles. The van der Waals surface area contributed by atoms with E-state index in [1.165, 1.54) is 5.56 Å². The lowest BCUT2D eigenvalue weighted by atomic mass is 9.74. The number of aliphatic hydroxyl groups is 1. The maximum atomic E-state index is 12.2. The summed E-state index contributed by atoms with van der Waals surface area (Å²) in [5, 5.41) is 9.47. The summed E-state index contributed by atoms with van der Waals surface area (Å²) >= 11 is 0. The molecule has 3 heterocycles. The van der Waals surface area contributed by atoms with Crippen molar-refractivity contribution in [2.45, 2.75) is 63.3 Å². The van der Waals surface area contributed by atoms with Gasteiger partial charge in [0, 0.05) is 62.6 Å². The summed E-state index contributed by atoms with van der Waals surface area (Å²) in [6.45, 7) is 4.66. The number of hydrogen-bond donors (Lipinski definition) is 2. The summed E-state index contributed by atoms with van der Waals surface area (Å²) in [6, 6.07) is 4.14. The van der Waals surface area contributed by atoms with Crippen LogP contribution in [0.1, 0.15) is 72.9 Å². The number of carbonyl (C=O) groups is 4. The molecule has 36 heavy (non-hydrogen) atoms. The number of carbonyl (C=O) groups excluding carboxylic acids is 4. The number of hydrogen-bond acceptors (Lipinski definition) is 7. The molecule has 9 nitrogen and oxygen atoms in total. The van der Waals surface area contributed by atoms with Gasteiger partial charge in [0.15, 0.2) is 0 Å². The van der Waals surface area contributed by atoms with Gasteiger partial charge in [0.05, 0.1) is 13.2 Å². The van der Waals surface area contributed by atoms with Crippen molar-refractivity contribution < 1.29 is 29.0 Å². The number of nitrogens with one attached hydrogen (secondary N) is 1. The molecule has 4 rings (SSSR count). The average molecular weight is 504 g/mol. The molecule has 1 spiro atoms. The molecule has 0 aliphatic carbocycles. The second kappa shape index (κ2) is 14.7. The molecule has 1 saturated heterocycles. The van der Waals surface area contributed by atoms with Crippen molar-refractivity contribution in [1.29, 1.82) is 0 Å². The number of amides is 2. The van der Waals surface area contributed by atoms with Gasteiger partial charge in [-0.1, -0.05) is 6.07 Å². The number of rotatable bonds is 9. The number of aliphatic hydroxyl groups excluding tert-OH is 1. The van der Waals surface area contributed by atoms with Crippen LogP contribution in [-0.2, 0) is 26.3 Å². The van der Waals surface area contributed by atoms with E-state index in [0.717, 1.165) is 88.5 Å². The Kier molecular flexibility index (Phi) is 12.0. The van der Waals surface area contributed by atoms with Gasteiger partial charge in [-0.25, -0.2) is 0 Å². The van der Waals surface area contributed by atoms with Crippen molar-refractivity contribution in [2.75, 3.05) is 47.4 Å². The lowest BCUT2D eigenvalue weighted by molar-refractivity contribution is -0.120. The molecule has 0 unspecified atom stereocenters. The molecule has 0 atom stereocenters. The lowest BCUT2D eigenvalue weighted by Crippen LogP contribution is -2.43. The van der Waals surface area contributed by atoms with E-state index >= 15 is 0 Å². The molecule has 2 N–H and O–H groups in total. The van der Waals surface area contributed by atoms with Gasteiger partial charge in [0.1, 0.15) is 18.3 Å². The number of aldehydes is 2. The molecule has 0 aromatic heterocycles. The largest absolute Gasteiger partial charge is 0.492 e. The van der Waals surface area contributed by atoms with Crippen molar-refractivity contribution in [3.05, 3.63) is 28.8 Å². The monoisotopic (exact) mass is 503 g/mol. The van der Waals surface area contributed by atoms with Crippen LogP contribution >= 0.6 is 0 Å². The Morgan fingerprint density at radius 2 is 1.78 bits per heavy atom. The molecular formula is C27H41N3O6. The molecule has 2 amide bonds. The van der Waals surface area contributed by atoms with Crippen LogP contribution in [0.25, 0.3) is 0 Å². The van der Waals surface area contributed by atoms with Crippen molar-refractivity contribution in [2.24, 2.45) is 0 Å². The molecular weight excluding hydrogens is 462 g/mol. The van der Waals surface area contributed by atoms with E-state index in [0.29, 0.717) is 32.2 Å². The zero-order valence-electron chi connectivity index (χ0n) is 21.9. The summed E-state index contributed by atoms with van der Waals surface area (Å²) < 4.78 is 6.14. The van der Waals surface area contributed by atoms with Gasteiger partial charge in [-0.3, -0.25) is 9.59 Å². The van der Waals surface area contributed by atoms with Gasteiger partial charge < -0.3 is 34.5 Å². The standard InChI is InChI=1S/C20H26N2O3.C6H11NO2.CH4O/c1-21-13-16-15(19(21)24)5-6-17-18(16)25-14-20(17)7-10-22(11-8-20)9-3-2-4-12-23;1-7-6(9)4-2-3-5-8;1-2/h5-6,12H,2-4,7-11,13-14H2,1H3;5H,2-4H2,1H3,(H,7,9);2H,1H3. The third-order valence-corrected chi connectivity index (χ3v) is 7.16. The summed E-state index contributed by atoms with van der Waals surface area (Å²) in [6.07, 6.45) is 8.41. The van der Waals surface area contributed by atoms with Crippen LogP contribution < -0.4 is 10.1 Å². The number of piperidine rings is 1. The summed E-state index contributed by atoms with van der Waals surface area (Å²) in [5.41, 5.74) is 3.33. The highest BCUT2D eigenvalue weighted by Crippen LogP contribution is 2.49. The first-order valence-electron chi connectivity index (χ1n) is 12.8. The fourth-order valence-corrected chi connectivity index (χ4v) is 5.02. The predicted octanol–water partition coefficient (Wildman–Crippen LogP) is 2.08.